The zero-order valence-electron chi connectivity index (χ0n) is 10.0. The van der Waals surface area contributed by atoms with Crippen LogP contribution in [-0.2, 0) is 14.5 Å². The largest absolute Gasteiger partial charge is 0.233 e. The van der Waals surface area contributed by atoms with E-state index in [9.17, 15) is 8.42 Å². The lowest BCUT2D eigenvalue weighted by molar-refractivity contribution is 0.556. The number of aryl methyl sites for hydroxylation is 2. The topological polar surface area (TPSA) is 34.1 Å². The molecule has 0 aromatic heterocycles. The molecular weight excluding hydrogens is 244 g/mol. The van der Waals surface area contributed by atoms with E-state index in [1.165, 1.54) is 5.56 Å². The molecule has 0 spiro atoms. The van der Waals surface area contributed by atoms with E-state index in [4.69, 9.17) is 10.7 Å². The molecule has 0 aliphatic heterocycles. The van der Waals surface area contributed by atoms with Crippen LogP contribution in [-0.4, -0.2) is 14.2 Å². The van der Waals surface area contributed by atoms with E-state index < -0.39 is 14.5 Å². The van der Waals surface area contributed by atoms with Crippen LogP contribution in [0.1, 0.15) is 30.5 Å². The predicted octanol–water partition coefficient (Wildman–Crippen LogP) is 3.15. The fourth-order valence-electron chi connectivity index (χ4n) is 2.08. The summed E-state index contributed by atoms with van der Waals surface area (Å²) in [5, 5.41) is 0. The molecule has 0 aliphatic rings. The summed E-state index contributed by atoms with van der Waals surface area (Å²) in [6.07, 6.45) is 0. The molecule has 0 bridgehead atoms. The van der Waals surface area contributed by atoms with Gasteiger partial charge in [-0.25, -0.2) is 8.42 Å². The first-order valence-corrected chi connectivity index (χ1v) is 7.60. The molecule has 0 saturated heterocycles. The number of benzene rings is 1. The summed E-state index contributed by atoms with van der Waals surface area (Å²) < 4.78 is 22.3. The highest BCUT2D eigenvalue weighted by molar-refractivity contribution is 8.13. The first-order valence-electron chi connectivity index (χ1n) is 5.12. The van der Waals surface area contributed by atoms with Crippen molar-refractivity contribution in [2.24, 2.45) is 0 Å². The van der Waals surface area contributed by atoms with Crippen LogP contribution in [0.3, 0.4) is 0 Å². The van der Waals surface area contributed by atoms with E-state index in [1.54, 1.807) is 0 Å². The summed E-state index contributed by atoms with van der Waals surface area (Å²) in [4.78, 5) is 0. The van der Waals surface area contributed by atoms with Crippen LogP contribution in [0.2, 0.25) is 0 Å². The number of hydrogen-bond donors (Lipinski definition) is 0. The van der Waals surface area contributed by atoms with Gasteiger partial charge in [-0.15, -0.1) is 0 Å². The van der Waals surface area contributed by atoms with Gasteiger partial charge in [-0.1, -0.05) is 37.6 Å². The van der Waals surface area contributed by atoms with Crippen LogP contribution in [0.5, 0.6) is 0 Å². The van der Waals surface area contributed by atoms with Gasteiger partial charge in [0.1, 0.15) is 0 Å². The monoisotopic (exact) mass is 260 g/mol. The molecule has 0 heterocycles. The number of halogens is 1. The van der Waals surface area contributed by atoms with Gasteiger partial charge in [-0.3, -0.25) is 0 Å². The van der Waals surface area contributed by atoms with Crippen molar-refractivity contribution in [3.63, 3.8) is 0 Å². The second-order valence-corrected chi connectivity index (χ2v) is 7.66. The second kappa shape index (κ2) is 4.38. The molecule has 0 radical (unpaired) electrons. The van der Waals surface area contributed by atoms with E-state index in [1.807, 2.05) is 39.8 Å². The average molecular weight is 261 g/mol. The van der Waals surface area contributed by atoms with Crippen LogP contribution in [0.25, 0.3) is 0 Å². The standard InChI is InChI=1S/C12H17ClO2S/c1-9-5-6-11(10(2)7-9)12(3,4)8-16(13,14)15/h5-7H,8H2,1-4H3. The Morgan fingerprint density at radius 1 is 1.25 bits per heavy atom. The summed E-state index contributed by atoms with van der Waals surface area (Å²) in [5.41, 5.74) is 2.84. The molecule has 1 aromatic carbocycles. The van der Waals surface area contributed by atoms with E-state index in [-0.39, 0.29) is 5.75 Å². The smallest absolute Gasteiger partial charge is 0.212 e. The minimum Gasteiger partial charge on any atom is -0.212 e. The molecule has 0 aliphatic carbocycles. The minimum atomic E-state index is -3.48. The molecule has 90 valence electrons. The van der Waals surface area contributed by atoms with Crippen LogP contribution in [0, 0.1) is 13.8 Å². The van der Waals surface area contributed by atoms with Crippen molar-refractivity contribution >= 4 is 19.7 Å². The maximum absolute atomic E-state index is 11.2. The van der Waals surface area contributed by atoms with Gasteiger partial charge in [0.05, 0.1) is 5.75 Å². The summed E-state index contributed by atoms with van der Waals surface area (Å²) in [5.74, 6) is -0.0501. The van der Waals surface area contributed by atoms with Crippen LogP contribution in [0.4, 0.5) is 0 Å². The Kier molecular flexibility index (Phi) is 3.70. The van der Waals surface area contributed by atoms with Gasteiger partial charge in [0.25, 0.3) is 0 Å². The fourth-order valence-corrected chi connectivity index (χ4v) is 3.92. The zero-order valence-corrected chi connectivity index (χ0v) is 11.6. The Bertz CT molecular complexity index is 490. The maximum Gasteiger partial charge on any atom is 0.233 e. The van der Waals surface area contributed by atoms with Gasteiger partial charge in [0.2, 0.25) is 9.05 Å². The summed E-state index contributed by atoms with van der Waals surface area (Å²) in [6, 6.07) is 6.02. The first-order chi connectivity index (χ1) is 7.12. The molecule has 2 nitrogen and oxygen atoms in total. The molecule has 1 rings (SSSR count). The third-order valence-electron chi connectivity index (χ3n) is 2.64. The lowest BCUT2D eigenvalue weighted by Gasteiger charge is -2.25. The highest BCUT2D eigenvalue weighted by atomic mass is 35.7. The molecule has 0 N–H and O–H groups in total. The predicted molar refractivity (Wildman–Crippen MR) is 68.6 cm³/mol. The van der Waals surface area contributed by atoms with E-state index in [0.717, 1.165) is 11.1 Å². The Hall–Kier alpha value is -0.540. The Labute approximate surface area is 102 Å². The molecule has 0 atom stereocenters. The van der Waals surface area contributed by atoms with Crippen LogP contribution < -0.4 is 0 Å². The first kappa shape index (κ1) is 13.5. The van der Waals surface area contributed by atoms with Gasteiger partial charge in [0.15, 0.2) is 0 Å². The molecule has 16 heavy (non-hydrogen) atoms. The zero-order chi connectivity index (χ0) is 12.6. The minimum absolute atomic E-state index is 0.0501. The molecule has 0 saturated carbocycles. The Morgan fingerprint density at radius 2 is 1.81 bits per heavy atom. The normalized spacial score (nSPS) is 12.8. The summed E-state index contributed by atoms with van der Waals surface area (Å²) in [6.45, 7) is 7.79. The van der Waals surface area contributed by atoms with Crippen molar-refractivity contribution in [1.82, 2.24) is 0 Å². The van der Waals surface area contributed by atoms with Crippen molar-refractivity contribution in [2.45, 2.75) is 33.1 Å². The van der Waals surface area contributed by atoms with Gasteiger partial charge >= 0.3 is 0 Å². The van der Waals surface area contributed by atoms with E-state index >= 15 is 0 Å². The second-order valence-electron chi connectivity index (χ2n) is 4.89. The van der Waals surface area contributed by atoms with E-state index in [2.05, 4.69) is 6.07 Å². The fraction of sp³-hybridized carbons (Fsp3) is 0.500. The van der Waals surface area contributed by atoms with Crippen molar-refractivity contribution in [2.75, 3.05) is 5.75 Å². The van der Waals surface area contributed by atoms with Crippen molar-refractivity contribution in [3.05, 3.63) is 34.9 Å². The molecular formula is C12H17ClO2S. The van der Waals surface area contributed by atoms with Crippen molar-refractivity contribution in [1.29, 1.82) is 0 Å². The van der Waals surface area contributed by atoms with Gasteiger partial charge < -0.3 is 0 Å². The third kappa shape index (κ3) is 3.49. The van der Waals surface area contributed by atoms with Crippen molar-refractivity contribution < 1.29 is 8.42 Å². The maximum atomic E-state index is 11.2. The van der Waals surface area contributed by atoms with Gasteiger partial charge in [-0.05, 0) is 25.0 Å². The molecule has 0 amide bonds. The molecule has 0 unspecified atom stereocenters. The SMILES string of the molecule is Cc1ccc(C(C)(C)CS(=O)(=O)Cl)c(C)c1. The number of rotatable bonds is 3. The van der Waals surface area contributed by atoms with Gasteiger partial charge in [-0.2, -0.15) is 0 Å². The molecule has 1 aromatic rings. The van der Waals surface area contributed by atoms with Crippen LogP contribution in [0.15, 0.2) is 18.2 Å². The summed E-state index contributed by atoms with van der Waals surface area (Å²) >= 11 is 0. The quantitative estimate of drug-likeness (QED) is 0.783. The highest BCUT2D eigenvalue weighted by Crippen LogP contribution is 2.29. The molecule has 4 heteroatoms. The molecule has 0 fully saturated rings. The summed E-state index contributed by atoms with van der Waals surface area (Å²) in [7, 11) is 1.84. The Balaban J connectivity index is 3.17. The number of hydrogen-bond acceptors (Lipinski definition) is 2. The van der Waals surface area contributed by atoms with Crippen molar-refractivity contribution in [3.8, 4) is 0 Å². The lowest BCUT2D eigenvalue weighted by atomic mass is 9.83. The highest BCUT2D eigenvalue weighted by Gasteiger charge is 2.28. The van der Waals surface area contributed by atoms with Gasteiger partial charge in [0, 0.05) is 16.1 Å². The Morgan fingerprint density at radius 3 is 2.25 bits per heavy atom. The third-order valence-corrected chi connectivity index (χ3v) is 4.04. The van der Waals surface area contributed by atoms with Crippen LogP contribution >= 0.6 is 10.7 Å². The average Bonchev–Trinajstić information content (AvgIpc) is 1.97. The lowest BCUT2D eigenvalue weighted by Crippen LogP contribution is -2.27. The van der Waals surface area contributed by atoms with E-state index in [0.29, 0.717) is 0 Å².